The predicted molar refractivity (Wildman–Crippen MR) is 86.6 cm³/mol. The molecular weight excluding hydrogens is 300 g/mol. The first kappa shape index (κ1) is 14.2. The van der Waals surface area contributed by atoms with Crippen LogP contribution in [0.25, 0.3) is 23.5 Å². The lowest BCUT2D eigenvalue weighted by molar-refractivity contribution is -0.384. The zero-order valence-corrected chi connectivity index (χ0v) is 12.5. The van der Waals surface area contributed by atoms with E-state index in [-0.39, 0.29) is 5.69 Å². The van der Waals surface area contributed by atoms with Crippen LogP contribution >= 0.6 is 11.3 Å². The van der Waals surface area contributed by atoms with Gasteiger partial charge in [0.15, 0.2) is 0 Å². The van der Waals surface area contributed by atoms with E-state index < -0.39 is 4.92 Å². The van der Waals surface area contributed by atoms with Gasteiger partial charge in [0.05, 0.1) is 4.92 Å². The fourth-order valence-electron chi connectivity index (χ4n) is 1.97. The summed E-state index contributed by atoms with van der Waals surface area (Å²) in [4.78, 5) is 14.7. The van der Waals surface area contributed by atoms with Gasteiger partial charge in [-0.15, -0.1) is 11.3 Å². The zero-order valence-electron chi connectivity index (χ0n) is 11.7. The summed E-state index contributed by atoms with van der Waals surface area (Å²) < 4.78 is 5.70. The number of nitro groups is 1. The largest absolute Gasteiger partial charge is 0.457 e. The molecule has 0 atom stereocenters. The molecule has 0 amide bonds. The van der Waals surface area contributed by atoms with E-state index in [1.807, 2.05) is 30.5 Å². The first-order valence-electron chi connectivity index (χ1n) is 6.57. The molecule has 3 aromatic rings. The van der Waals surface area contributed by atoms with E-state index in [0.29, 0.717) is 17.1 Å². The quantitative estimate of drug-likeness (QED) is 0.513. The Labute approximate surface area is 130 Å². The maximum absolute atomic E-state index is 10.8. The van der Waals surface area contributed by atoms with Crippen molar-refractivity contribution in [1.29, 1.82) is 0 Å². The standard InChI is InChI=1S/C16H12N2O3S/c1-11-10-22-16(17-11)8-6-14-5-7-15(21-14)12-3-2-4-13(9-12)18(19)20/h2-10H,1H3/b8-6+. The first-order valence-corrected chi connectivity index (χ1v) is 7.45. The van der Waals surface area contributed by atoms with E-state index in [1.54, 1.807) is 29.5 Å². The molecular formula is C16H12N2O3S. The van der Waals surface area contributed by atoms with Crippen molar-refractivity contribution in [2.75, 3.05) is 0 Å². The number of non-ortho nitro benzene ring substituents is 1. The average molecular weight is 312 g/mol. The summed E-state index contributed by atoms with van der Waals surface area (Å²) in [5, 5.41) is 13.7. The molecule has 0 aliphatic heterocycles. The second-order valence-electron chi connectivity index (χ2n) is 4.67. The van der Waals surface area contributed by atoms with Crippen LogP contribution in [0.1, 0.15) is 16.5 Å². The lowest BCUT2D eigenvalue weighted by atomic mass is 10.1. The van der Waals surface area contributed by atoms with E-state index >= 15 is 0 Å². The summed E-state index contributed by atoms with van der Waals surface area (Å²) in [5.74, 6) is 1.27. The van der Waals surface area contributed by atoms with Crippen LogP contribution in [0.4, 0.5) is 5.69 Å². The van der Waals surface area contributed by atoms with Crippen molar-refractivity contribution in [3.8, 4) is 11.3 Å². The van der Waals surface area contributed by atoms with Crippen LogP contribution in [0.15, 0.2) is 46.2 Å². The van der Waals surface area contributed by atoms with Gasteiger partial charge in [0, 0.05) is 28.8 Å². The number of thiazole rings is 1. The van der Waals surface area contributed by atoms with E-state index in [9.17, 15) is 10.1 Å². The van der Waals surface area contributed by atoms with Crippen LogP contribution in [0, 0.1) is 17.0 Å². The Bertz CT molecular complexity index is 848. The third kappa shape index (κ3) is 3.12. The number of hydrogen-bond donors (Lipinski definition) is 0. The Kier molecular flexibility index (Phi) is 3.84. The fraction of sp³-hybridized carbons (Fsp3) is 0.0625. The molecule has 0 fully saturated rings. The highest BCUT2D eigenvalue weighted by atomic mass is 32.1. The van der Waals surface area contributed by atoms with Gasteiger partial charge in [-0.25, -0.2) is 4.98 Å². The normalized spacial score (nSPS) is 11.1. The highest BCUT2D eigenvalue weighted by molar-refractivity contribution is 7.10. The van der Waals surface area contributed by atoms with Crippen LogP contribution in [0.3, 0.4) is 0 Å². The van der Waals surface area contributed by atoms with Gasteiger partial charge < -0.3 is 4.42 Å². The molecule has 0 aliphatic rings. The number of benzene rings is 1. The molecule has 0 bridgehead atoms. The second-order valence-corrected chi connectivity index (χ2v) is 5.56. The number of furan rings is 1. The second kappa shape index (κ2) is 5.95. The van der Waals surface area contributed by atoms with Crippen molar-refractivity contribution in [2.45, 2.75) is 6.92 Å². The molecule has 6 heteroatoms. The first-order chi connectivity index (χ1) is 10.6. The molecule has 0 aliphatic carbocycles. The highest BCUT2D eigenvalue weighted by Crippen LogP contribution is 2.26. The number of aromatic nitrogens is 1. The fourth-order valence-corrected chi connectivity index (χ4v) is 2.66. The van der Waals surface area contributed by atoms with Crippen molar-refractivity contribution in [2.24, 2.45) is 0 Å². The molecule has 0 N–H and O–H groups in total. The predicted octanol–water partition coefficient (Wildman–Crippen LogP) is 4.79. The third-order valence-corrected chi connectivity index (χ3v) is 3.92. The number of nitro benzene ring substituents is 1. The van der Waals surface area contributed by atoms with E-state index in [4.69, 9.17) is 4.42 Å². The minimum Gasteiger partial charge on any atom is -0.457 e. The number of hydrogen-bond acceptors (Lipinski definition) is 5. The van der Waals surface area contributed by atoms with Gasteiger partial charge in [0.1, 0.15) is 16.5 Å². The van der Waals surface area contributed by atoms with E-state index in [1.165, 1.54) is 12.1 Å². The molecule has 110 valence electrons. The monoisotopic (exact) mass is 312 g/mol. The van der Waals surface area contributed by atoms with E-state index in [2.05, 4.69) is 4.98 Å². The van der Waals surface area contributed by atoms with Crippen molar-refractivity contribution in [3.05, 3.63) is 68.4 Å². The number of nitrogens with zero attached hydrogens (tertiary/aromatic N) is 2. The smallest absolute Gasteiger partial charge is 0.270 e. The topological polar surface area (TPSA) is 69.2 Å². The summed E-state index contributed by atoms with van der Waals surface area (Å²) in [7, 11) is 0. The number of aryl methyl sites for hydroxylation is 1. The summed E-state index contributed by atoms with van der Waals surface area (Å²) in [6.07, 6.45) is 3.72. The molecule has 5 nitrogen and oxygen atoms in total. The maximum atomic E-state index is 10.8. The Morgan fingerprint density at radius 1 is 1.27 bits per heavy atom. The number of rotatable bonds is 4. The summed E-state index contributed by atoms with van der Waals surface area (Å²) in [5.41, 5.74) is 1.71. The van der Waals surface area contributed by atoms with Gasteiger partial charge in [-0.3, -0.25) is 10.1 Å². The van der Waals surface area contributed by atoms with Crippen molar-refractivity contribution in [1.82, 2.24) is 4.98 Å². The molecule has 1 aromatic carbocycles. The minimum atomic E-state index is -0.419. The summed E-state index contributed by atoms with van der Waals surface area (Å²) >= 11 is 1.56. The molecule has 22 heavy (non-hydrogen) atoms. The van der Waals surface area contributed by atoms with Gasteiger partial charge in [0.2, 0.25) is 0 Å². The Morgan fingerprint density at radius 3 is 2.86 bits per heavy atom. The SMILES string of the molecule is Cc1csc(/C=C/c2ccc(-c3cccc([N+](=O)[O-])c3)o2)n1. The van der Waals surface area contributed by atoms with Gasteiger partial charge in [-0.05, 0) is 31.2 Å². The van der Waals surface area contributed by atoms with Crippen molar-refractivity contribution < 1.29 is 9.34 Å². The van der Waals surface area contributed by atoms with Crippen LogP contribution in [-0.2, 0) is 0 Å². The lowest BCUT2D eigenvalue weighted by Crippen LogP contribution is -1.87. The zero-order chi connectivity index (χ0) is 15.5. The van der Waals surface area contributed by atoms with E-state index in [0.717, 1.165) is 10.7 Å². The maximum Gasteiger partial charge on any atom is 0.270 e. The Hall–Kier alpha value is -2.73. The van der Waals surface area contributed by atoms with Crippen LogP contribution in [0.5, 0.6) is 0 Å². The molecule has 0 spiro atoms. The van der Waals surface area contributed by atoms with Crippen LogP contribution in [-0.4, -0.2) is 9.91 Å². The van der Waals surface area contributed by atoms with Gasteiger partial charge in [-0.2, -0.15) is 0 Å². The molecule has 0 saturated carbocycles. The third-order valence-electron chi connectivity index (χ3n) is 3.00. The van der Waals surface area contributed by atoms with Gasteiger partial charge in [-0.1, -0.05) is 12.1 Å². The Morgan fingerprint density at radius 2 is 2.14 bits per heavy atom. The Balaban J connectivity index is 1.83. The summed E-state index contributed by atoms with van der Waals surface area (Å²) in [6, 6.07) is 10.00. The van der Waals surface area contributed by atoms with Crippen LogP contribution in [0.2, 0.25) is 0 Å². The highest BCUT2D eigenvalue weighted by Gasteiger charge is 2.09. The molecule has 2 heterocycles. The van der Waals surface area contributed by atoms with Crippen LogP contribution < -0.4 is 0 Å². The summed E-state index contributed by atoms with van der Waals surface area (Å²) in [6.45, 7) is 1.95. The average Bonchev–Trinajstić information content (AvgIpc) is 3.14. The van der Waals surface area contributed by atoms with Crippen molar-refractivity contribution >= 4 is 29.2 Å². The van der Waals surface area contributed by atoms with Gasteiger partial charge >= 0.3 is 0 Å². The minimum absolute atomic E-state index is 0.0456. The molecule has 0 saturated heterocycles. The lowest BCUT2D eigenvalue weighted by Gasteiger charge is -1.96. The molecule has 2 aromatic heterocycles. The van der Waals surface area contributed by atoms with Gasteiger partial charge in [0.25, 0.3) is 5.69 Å². The van der Waals surface area contributed by atoms with Crippen molar-refractivity contribution in [3.63, 3.8) is 0 Å². The molecule has 3 rings (SSSR count). The molecule has 0 radical (unpaired) electrons. The molecule has 0 unspecified atom stereocenters.